The quantitative estimate of drug-likeness (QED) is 0.783. The second-order valence-corrected chi connectivity index (χ2v) is 4.15. The number of H-pyrrole nitrogens is 1. The van der Waals surface area contributed by atoms with Gasteiger partial charge in [-0.1, -0.05) is 29.3 Å². The summed E-state index contributed by atoms with van der Waals surface area (Å²) in [5.41, 5.74) is 0.934. The van der Waals surface area contributed by atoms with Crippen LogP contribution in [0, 0.1) is 0 Å². The lowest BCUT2D eigenvalue weighted by atomic mass is 10.1. The Bertz CT molecular complexity index is 577. The zero-order chi connectivity index (χ0) is 11.0. The molecule has 0 saturated carbocycles. The van der Waals surface area contributed by atoms with Gasteiger partial charge in [-0.3, -0.25) is 4.79 Å². The minimum absolute atomic E-state index is 0.139. The Hall–Kier alpha value is -0.700. The molecule has 0 bridgehead atoms. The summed E-state index contributed by atoms with van der Waals surface area (Å²) < 4.78 is 0. The molecule has 1 aromatic carbocycles. The van der Waals surface area contributed by atoms with E-state index in [-0.39, 0.29) is 16.5 Å². The number of benzene rings is 1. The van der Waals surface area contributed by atoms with Gasteiger partial charge in [-0.05, 0) is 12.1 Å². The second kappa shape index (κ2) is 4.05. The van der Waals surface area contributed by atoms with Gasteiger partial charge in [0.25, 0.3) is 5.56 Å². The van der Waals surface area contributed by atoms with Crippen molar-refractivity contribution in [2.45, 2.75) is 5.88 Å². The van der Waals surface area contributed by atoms with Gasteiger partial charge in [0.2, 0.25) is 0 Å². The van der Waals surface area contributed by atoms with E-state index in [0.29, 0.717) is 16.1 Å². The van der Waals surface area contributed by atoms with Gasteiger partial charge >= 0.3 is 0 Å². The normalized spacial score (nSPS) is 10.9. The Morgan fingerprint density at radius 3 is 2.67 bits per heavy atom. The number of halogens is 3. The first-order valence-electron chi connectivity index (χ1n) is 4.19. The molecule has 2 nitrogen and oxygen atoms in total. The number of hydrogen-bond donors (Lipinski definition) is 1. The minimum atomic E-state index is -0.345. The zero-order valence-electron chi connectivity index (χ0n) is 7.48. The van der Waals surface area contributed by atoms with Crippen LogP contribution in [0.15, 0.2) is 23.0 Å². The number of rotatable bonds is 1. The van der Waals surface area contributed by atoms with E-state index in [1.54, 1.807) is 18.2 Å². The molecule has 0 aliphatic heterocycles. The molecule has 0 unspecified atom stereocenters. The molecule has 0 atom stereocenters. The van der Waals surface area contributed by atoms with Crippen LogP contribution in [0.4, 0.5) is 0 Å². The molecule has 2 rings (SSSR count). The SMILES string of the molecule is O=c1[nH]c2cc(Cl)ccc2c(CCl)c1Cl. The fourth-order valence-electron chi connectivity index (χ4n) is 1.45. The molecule has 0 amide bonds. The monoisotopic (exact) mass is 261 g/mol. The van der Waals surface area contributed by atoms with Gasteiger partial charge in [-0.15, -0.1) is 11.6 Å². The maximum atomic E-state index is 11.4. The molecule has 15 heavy (non-hydrogen) atoms. The fraction of sp³-hybridized carbons (Fsp3) is 0.100. The third kappa shape index (κ3) is 1.85. The van der Waals surface area contributed by atoms with E-state index in [1.807, 2.05) is 0 Å². The van der Waals surface area contributed by atoms with Crippen LogP contribution in [0.5, 0.6) is 0 Å². The Morgan fingerprint density at radius 2 is 2.00 bits per heavy atom. The molecule has 0 spiro atoms. The van der Waals surface area contributed by atoms with Crippen LogP contribution in [0.3, 0.4) is 0 Å². The van der Waals surface area contributed by atoms with Crippen molar-refractivity contribution < 1.29 is 0 Å². The molecule has 1 N–H and O–H groups in total. The summed E-state index contributed by atoms with van der Waals surface area (Å²) in [6.45, 7) is 0. The van der Waals surface area contributed by atoms with Crippen molar-refractivity contribution in [1.29, 1.82) is 0 Å². The van der Waals surface area contributed by atoms with Crippen LogP contribution in [0.1, 0.15) is 5.56 Å². The Labute approximate surface area is 101 Å². The summed E-state index contributed by atoms with van der Waals surface area (Å²) >= 11 is 17.4. The van der Waals surface area contributed by atoms with Crippen LogP contribution in [0.25, 0.3) is 10.9 Å². The van der Waals surface area contributed by atoms with Gasteiger partial charge in [-0.25, -0.2) is 0 Å². The van der Waals surface area contributed by atoms with E-state index in [1.165, 1.54) is 0 Å². The van der Waals surface area contributed by atoms with Crippen LogP contribution in [-0.2, 0) is 5.88 Å². The lowest BCUT2D eigenvalue weighted by Gasteiger charge is -2.05. The number of nitrogens with one attached hydrogen (secondary N) is 1. The summed E-state index contributed by atoms with van der Waals surface area (Å²) in [4.78, 5) is 14.1. The molecular weight excluding hydrogens is 256 g/mol. The standard InChI is InChI=1S/C10H6Cl3NO/c11-4-7-6-2-1-5(12)3-8(6)14-10(15)9(7)13/h1-3H,4H2,(H,14,15). The summed E-state index contributed by atoms with van der Waals surface area (Å²) in [5, 5.41) is 1.51. The first-order valence-corrected chi connectivity index (χ1v) is 5.48. The number of aromatic nitrogens is 1. The highest BCUT2D eigenvalue weighted by atomic mass is 35.5. The number of aromatic amines is 1. The third-order valence-corrected chi connectivity index (χ3v) is 3.05. The summed E-state index contributed by atoms with van der Waals surface area (Å²) in [6.07, 6.45) is 0. The van der Waals surface area contributed by atoms with E-state index < -0.39 is 0 Å². The van der Waals surface area contributed by atoms with Crippen molar-refractivity contribution in [1.82, 2.24) is 4.98 Å². The second-order valence-electron chi connectivity index (χ2n) is 3.07. The van der Waals surface area contributed by atoms with Crippen molar-refractivity contribution in [3.8, 4) is 0 Å². The lowest BCUT2D eigenvalue weighted by Crippen LogP contribution is -2.09. The van der Waals surface area contributed by atoms with Gasteiger partial charge < -0.3 is 4.98 Å². The molecule has 0 fully saturated rings. The highest BCUT2D eigenvalue weighted by molar-refractivity contribution is 6.33. The first-order chi connectivity index (χ1) is 7.13. The van der Waals surface area contributed by atoms with Crippen LogP contribution < -0.4 is 5.56 Å². The Morgan fingerprint density at radius 1 is 1.27 bits per heavy atom. The van der Waals surface area contributed by atoms with Crippen molar-refractivity contribution in [2.24, 2.45) is 0 Å². The van der Waals surface area contributed by atoms with Gasteiger partial charge in [0.05, 0.1) is 5.52 Å². The van der Waals surface area contributed by atoms with Gasteiger partial charge in [-0.2, -0.15) is 0 Å². The van der Waals surface area contributed by atoms with Crippen LogP contribution in [-0.4, -0.2) is 4.98 Å². The number of fused-ring (bicyclic) bond motifs is 1. The first kappa shape index (κ1) is 10.8. The average Bonchev–Trinajstić information content (AvgIpc) is 2.20. The average molecular weight is 263 g/mol. The van der Waals surface area contributed by atoms with Crippen molar-refractivity contribution in [2.75, 3.05) is 0 Å². The predicted octanol–water partition coefficient (Wildman–Crippen LogP) is 3.57. The maximum absolute atomic E-state index is 11.4. The van der Waals surface area contributed by atoms with Crippen molar-refractivity contribution in [3.05, 3.63) is 44.2 Å². The van der Waals surface area contributed by atoms with Gasteiger partial charge in [0.15, 0.2) is 0 Å². The number of alkyl halides is 1. The maximum Gasteiger partial charge on any atom is 0.267 e. The van der Waals surface area contributed by atoms with Crippen molar-refractivity contribution >= 4 is 45.7 Å². The number of hydrogen-bond acceptors (Lipinski definition) is 1. The zero-order valence-corrected chi connectivity index (χ0v) is 9.75. The molecule has 78 valence electrons. The molecule has 0 aliphatic carbocycles. The summed E-state index contributed by atoms with van der Waals surface area (Å²) in [5.74, 6) is 0.195. The molecule has 1 heterocycles. The molecule has 1 aromatic heterocycles. The molecule has 0 saturated heterocycles. The Kier molecular flexibility index (Phi) is 2.91. The van der Waals surface area contributed by atoms with Crippen LogP contribution in [0.2, 0.25) is 10.0 Å². The van der Waals surface area contributed by atoms with E-state index in [4.69, 9.17) is 34.8 Å². The molecule has 5 heteroatoms. The molecular formula is C10H6Cl3NO. The smallest absolute Gasteiger partial charge is 0.267 e. The van der Waals surface area contributed by atoms with Crippen LogP contribution >= 0.6 is 34.8 Å². The fourth-order valence-corrected chi connectivity index (χ4v) is 2.18. The van der Waals surface area contributed by atoms with E-state index in [2.05, 4.69) is 4.98 Å². The van der Waals surface area contributed by atoms with Gasteiger partial charge in [0.1, 0.15) is 5.02 Å². The third-order valence-electron chi connectivity index (χ3n) is 2.15. The molecule has 2 aromatic rings. The van der Waals surface area contributed by atoms with E-state index in [9.17, 15) is 4.79 Å². The predicted molar refractivity (Wildman–Crippen MR) is 64.1 cm³/mol. The minimum Gasteiger partial charge on any atom is -0.321 e. The van der Waals surface area contributed by atoms with Gasteiger partial charge in [0, 0.05) is 21.9 Å². The van der Waals surface area contributed by atoms with E-state index in [0.717, 1.165) is 5.39 Å². The summed E-state index contributed by atoms with van der Waals surface area (Å²) in [7, 11) is 0. The molecule has 0 aliphatic rings. The van der Waals surface area contributed by atoms with E-state index >= 15 is 0 Å². The largest absolute Gasteiger partial charge is 0.321 e. The highest BCUT2D eigenvalue weighted by Crippen LogP contribution is 2.25. The van der Waals surface area contributed by atoms with Crippen molar-refractivity contribution in [3.63, 3.8) is 0 Å². The highest BCUT2D eigenvalue weighted by Gasteiger charge is 2.09. The molecule has 0 radical (unpaired) electrons. The topological polar surface area (TPSA) is 32.9 Å². The Balaban J connectivity index is 2.94. The summed E-state index contributed by atoms with van der Waals surface area (Å²) in [6, 6.07) is 5.19. The lowest BCUT2D eigenvalue weighted by molar-refractivity contribution is 1.26. The number of pyridine rings is 1.